The van der Waals surface area contributed by atoms with Crippen molar-refractivity contribution in [2.24, 2.45) is 5.92 Å². The van der Waals surface area contributed by atoms with Crippen molar-refractivity contribution in [2.45, 2.75) is 32.9 Å². The lowest BCUT2D eigenvalue weighted by atomic mass is 10.00. The number of hydrogen-bond donors (Lipinski definition) is 2. The normalized spacial score (nSPS) is 17.0. The Labute approximate surface area is 228 Å². The topological polar surface area (TPSA) is 71.4 Å². The molecule has 2 atom stereocenters. The van der Waals surface area contributed by atoms with Gasteiger partial charge in [-0.05, 0) is 79.3 Å². The molecule has 3 heterocycles. The van der Waals surface area contributed by atoms with Crippen LogP contribution in [0.25, 0.3) is 5.69 Å². The molecule has 38 heavy (non-hydrogen) atoms. The number of nitrogens with zero attached hydrogens (tertiary/aromatic N) is 3. The molecule has 0 aliphatic carbocycles. The van der Waals surface area contributed by atoms with Gasteiger partial charge in [0.25, 0.3) is 0 Å². The number of nitrogens with one attached hydrogen (secondary N) is 2. The predicted molar refractivity (Wildman–Crippen MR) is 155 cm³/mol. The van der Waals surface area contributed by atoms with E-state index >= 15 is 0 Å². The van der Waals surface area contributed by atoms with Gasteiger partial charge in [-0.3, -0.25) is 9.78 Å². The van der Waals surface area contributed by atoms with E-state index < -0.39 is 0 Å². The fraction of sp³-hybridized carbons (Fsp3) is 0.233. The van der Waals surface area contributed by atoms with Crippen molar-refractivity contribution >= 4 is 34.6 Å². The van der Waals surface area contributed by atoms with Gasteiger partial charge >= 0.3 is 0 Å². The number of benzene rings is 2. The summed E-state index contributed by atoms with van der Waals surface area (Å²) in [5, 5.41) is 7.16. The maximum absolute atomic E-state index is 12.3. The Morgan fingerprint density at radius 2 is 1.87 bits per heavy atom. The van der Waals surface area contributed by atoms with Crippen molar-refractivity contribution in [3.05, 3.63) is 102 Å². The minimum Gasteiger partial charge on any atom is -0.495 e. The Bertz CT molecular complexity index is 1470. The molecule has 2 N–H and O–H groups in total. The van der Waals surface area contributed by atoms with E-state index in [9.17, 15) is 4.79 Å². The quantitative estimate of drug-likeness (QED) is 0.290. The first kappa shape index (κ1) is 25.5. The molecule has 0 radical (unpaired) electrons. The lowest BCUT2D eigenvalue weighted by Crippen LogP contribution is -2.30. The van der Waals surface area contributed by atoms with Crippen LogP contribution >= 0.6 is 12.2 Å². The number of para-hydroxylation sites is 2. The molecule has 0 saturated carbocycles. The molecule has 5 rings (SSSR count). The molecule has 8 heteroatoms. The molecule has 0 spiro atoms. The number of anilines is 2. The molecule has 7 nitrogen and oxygen atoms in total. The van der Waals surface area contributed by atoms with E-state index in [1.54, 1.807) is 13.3 Å². The fourth-order valence-electron chi connectivity index (χ4n) is 4.83. The molecule has 1 amide bonds. The Hall–Kier alpha value is -4.17. The minimum atomic E-state index is -0.201. The number of carbonyl (C=O) groups excluding carboxylic acids is 1. The van der Waals surface area contributed by atoms with Crippen molar-refractivity contribution in [1.29, 1.82) is 0 Å². The second-order valence-electron chi connectivity index (χ2n) is 9.61. The average molecular weight is 526 g/mol. The largest absolute Gasteiger partial charge is 0.495 e. The van der Waals surface area contributed by atoms with Crippen LogP contribution in [0, 0.1) is 12.8 Å². The van der Waals surface area contributed by atoms with Gasteiger partial charge in [0.15, 0.2) is 5.11 Å². The van der Waals surface area contributed by atoms with Crippen LogP contribution in [-0.4, -0.2) is 27.7 Å². The van der Waals surface area contributed by atoms with Gasteiger partial charge in [-0.2, -0.15) is 0 Å². The number of pyridine rings is 1. The third-order valence-corrected chi connectivity index (χ3v) is 7.11. The van der Waals surface area contributed by atoms with Crippen molar-refractivity contribution in [3.63, 3.8) is 0 Å². The number of amides is 1. The molecule has 1 saturated heterocycles. The summed E-state index contributed by atoms with van der Waals surface area (Å²) in [6, 6.07) is 23.6. The lowest BCUT2D eigenvalue weighted by molar-refractivity contribution is -0.118. The van der Waals surface area contributed by atoms with E-state index in [-0.39, 0.29) is 23.9 Å². The van der Waals surface area contributed by atoms with Gasteiger partial charge in [-0.25, -0.2) is 0 Å². The second-order valence-corrected chi connectivity index (χ2v) is 10.0. The van der Waals surface area contributed by atoms with Crippen LogP contribution in [0.15, 0.2) is 85.2 Å². The highest BCUT2D eigenvalue weighted by Crippen LogP contribution is 2.43. The molecular weight excluding hydrogens is 494 g/mol. The number of aromatic nitrogens is 2. The summed E-state index contributed by atoms with van der Waals surface area (Å²) < 4.78 is 7.83. The molecule has 2 aromatic heterocycles. The first-order chi connectivity index (χ1) is 18.4. The van der Waals surface area contributed by atoms with Crippen LogP contribution in [0.2, 0.25) is 0 Å². The van der Waals surface area contributed by atoms with Crippen LogP contribution in [0.3, 0.4) is 0 Å². The minimum absolute atomic E-state index is 0.0121. The van der Waals surface area contributed by atoms with Crippen LogP contribution in [0.4, 0.5) is 11.4 Å². The lowest BCUT2D eigenvalue weighted by Gasteiger charge is -2.29. The molecule has 1 aliphatic rings. The number of methoxy groups -OCH3 is 1. The van der Waals surface area contributed by atoms with E-state index in [0.717, 1.165) is 39.8 Å². The summed E-state index contributed by atoms with van der Waals surface area (Å²) in [4.78, 5) is 19.1. The Morgan fingerprint density at radius 1 is 1.08 bits per heavy atom. The molecular formula is C30H31N5O2S. The van der Waals surface area contributed by atoms with Crippen LogP contribution < -0.4 is 20.3 Å². The Kier molecular flexibility index (Phi) is 7.15. The molecule has 194 valence electrons. The number of carbonyl (C=O) groups is 1. The van der Waals surface area contributed by atoms with Crippen LogP contribution in [0.1, 0.15) is 42.9 Å². The molecule has 2 aromatic carbocycles. The standard InChI is InChI=1S/C30H31N5O2S/c1-19(2)29(36)32-22-15-14-21(18-20(22)3)35-28(27(33-30(35)38)23-10-7-8-16-31-23)25-12-9-17-34(25)24-11-5-6-13-26(24)37-4/h5-19,27-28H,1-4H3,(H,32,36)(H,33,38)/t27-,28+/m1/s1. The van der Waals surface area contributed by atoms with Gasteiger partial charge in [-0.1, -0.05) is 32.0 Å². The van der Waals surface area contributed by atoms with Gasteiger partial charge in [0, 0.05) is 35.4 Å². The molecule has 4 aromatic rings. The Morgan fingerprint density at radius 3 is 2.58 bits per heavy atom. The third-order valence-electron chi connectivity index (χ3n) is 6.80. The first-order valence-electron chi connectivity index (χ1n) is 12.6. The molecule has 0 bridgehead atoms. The van der Waals surface area contributed by atoms with Gasteiger partial charge in [0.1, 0.15) is 11.8 Å². The molecule has 1 fully saturated rings. The smallest absolute Gasteiger partial charge is 0.226 e. The fourth-order valence-corrected chi connectivity index (χ4v) is 5.18. The summed E-state index contributed by atoms with van der Waals surface area (Å²) in [6.07, 6.45) is 3.84. The monoisotopic (exact) mass is 525 g/mol. The number of hydrogen-bond acceptors (Lipinski definition) is 4. The highest BCUT2D eigenvalue weighted by atomic mass is 32.1. The van der Waals surface area contributed by atoms with Gasteiger partial charge < -0.3 is 24.8 Å². The zero-order chi connectivity index (χ0) is 26.8. The van der Waals surface area contributed by atoms with Gasteiger partial charge in [-0.15, -0.1) is 0 Å². The van der Waals surface area contributed by atoms with Gasteiger partial charge in [0.2, 0.25) is 5.91 Å². The third kappa shape index (κ3) is 4.75. The van der Waals surface area contributed by atoms with Crippen molar-refractivity contribution in [2.75, 3.05) is 17.3 Å². The maximum atomic E-state index is 12.3. The number of ether oxygens (including phenoxy) is 1. The van der Waals surface area contributed by atoms with E-state index in [4.69, 9.17) is 17.0 Å². The SMILES string of the molecule is COc1ccccc1-n1cccc1[C@H]1[C@@H](c2ccccn2)NC(=S)N1c1ccc(NC(=O)C(C)C)c(C)c1. The van der Waals surface area contributed by atoms with Gasteiger partial charge in [0.05, 0.1) is 24.5 Å². The highest BCUT2D eigenvalue weighted by Gasteiger charge is 2.42. The Balaban J connectivity index is 1.62. The summed E-state index contributed by atoms with van der Waals surface area (Å²) in [7, 11) is 1.68. The first-order valence-corrected chi connectivity index (χ1v) is 13.0. The number of rotatable bonds is 7. The molecule has 0 unspecified atom stereocenters. The van der Waals surface area contributed by atoms with E-state index in [1.807, 2.05) is 87.6 Å². The van der Waals surface area contributed by atoms with Crippen LogP contribution in [-0.2, 0) is 4.79 Å². The predicted octanol–water partition coefficient (Wildman–Crippen LogP) is 5.96. The number of thiocarbonyl (C=S) groups is 1. The average Bonchev–Trinajstić information content (AvgIpc) is 3.54. The van der Waals surface area contributed by atoms with Crippen molar-refractivity contribution < 1.29 is 9.53 Å². The number of aryl methyl sites for hydroxylation is 1. The summed E-state index contributed by atoms with van der Waals surface area (Å²) in [6.45, 7) is 5.76. The van der Waals surface area contributed by atoms with Crippen LogP contribution in [0.5, 0.6) is 5.75 Å². The van der Waals surface area contributed by atoms with Crippen molar-refractivity contribution in [3.8, 4) is 11.4 Å². The van der Waals surface area contributed by atoms with Crippen molar-refractivity contribution in [1.82, 2.24) is 14.9 Å². The summed E-state index contributed by atoms with van der Waals surface area (Å²) >= 11 is 5.92. The molecule has 1 aliphatic heterocycles. The van der Waals surface area contributed by atoms with E-state index in [2.05, 4.69) is 37.2 Å². The zero-order valence-corrected chi connectivity index (χ0v) is 22.7. The van der Waals surface area contributed by atoms with E-state index in [1.165, 1.54) is 0 Å². The summed E-state index contributed by atoms with van der Waals surface area (Å²) in [5.74, 6) is 0.665. The maximum Gasteiger partial charge on any atom is 0.226 e. The summed E-state index contributed by atoms with van der Waals surface area (Å²) in [5.41, 5.74) is 5.55. The zero-order valence-electron chi connectivity index (χ0n) is 21.9. The van der Waals surface area contributed by atoms with E-state index in [0.29, 0.717) is 5.11 Å². The highest BCUT2D eigenvalue weighted by molar-refractivity contribution is 7.80. The second kappa shape index (κ2) is 10.7.